The Bertz CT molecular complexity index is 1110. The van der Waals surface area contributed by atoms with Crippen LogP contribution in [0.15, 0.2) is 0 Å². The van der Waals surface area contributed by atoms with E-state index in [2.05, 4.69) is 9.47 Å². The van der Waals surface area contributed by atoms with E-state index in [1.54, 1.807) is 0 Å². The summed E-state index contributed by atoms with van der Waals surface area (Å²) in [5.74, 6) is -84.5. The maximum atomic E-state index is 14.3. The van der Waals surface area contributed by atoms with Gasteiger partial charge in [0, 0.05) is 25.7 Å². The molecule has 0 unspecified atom stereocenters. The van der Waals surface area contributed by atoms with Crippen LogP contribution in [-0.2, 0) is 9.47 Å². The molecule has 1 heterocycles. The highest BCUT2D eigenvalue weighted by Crippen LogP contribution is 2.63. The molecule has 0 aromatic heterocycles. The van der Waals surface area contributed by atoms with Crippen LogP contribution in [0.3, 0.4) is 0 Å². The number of aliphatic hydroxyl groups excluding tert-OH is 2. The van der Waals surface area contributed by atoms with Crippen LogP contribution in [0.1, 0.15) is 25.7 Å². The zero-order valence-corrected chi connectivity index (χ0v) is 23.4. The first-order valence-electron chi connectivity index (χ1n) is 12.5. The van der Waals surface area contributed by atoms with Gasteiger partial charge in [0.1, 0.15) is 12.2 Å². The number of ether oxygens (including phenoxy) is 2. The maximum Gasteiger partial charge on any atom is 0.460 e. The standard InChI is InChI=1S/C21H16F26O4/c22-10(23,12(26,27)14(30,31)16(34,35)18(38,39)20(42,43)44)3-1-9(50-7(5-48)8(6-49)51-9)2-4-11(24,25)13(28,29)15(32,33)17(36,37)19(40,41)21(45,46)47/h7-8,48-49H,1-6H2/t7-,8-/m1/s1. The molecule has 0 spiro atoms. The second kappa shape index (κ2) is 13.1. The fourth-order valence-electron chi connectivity index (χ4n) is 4.01. The molecule has 0 saturated carbocycles. The Labute approximate surface area is 263 Å². The molecule has 2 atom stereocenters. The van der Waals surface area contributed by atoms with Gasteiger partial charge < -0.3 is 19.7 Å². The third-order valence-electron chi connectivity index (χ3n) is 7.14. The number of hydrogen-bond donors (Lipinski definition) is 2. The van der Waals surface area contributed by atoms with Crippen molar-refractivity contribution < 1.29 is 134 Å². The lowest BCUT2D eigenvalue weighted by molar-refractivity contribution is -0.441. The van der Waals surface area contributed by atoms with E-state index >= 15 is 0 Å². The Balaban J connectivity index is 3.63. The molecule has 2 N–H and O–H groups in total. The summed E-state index contributed by atoms with van der Waals surface area (Å²) < 4.78 is 357. The van der Waals surface area contributed by atoms with Gasteiger partial charge in [-0.15, -0.1) is 0 Å². The summed E-state index contributed by atoms with van der Waals surface area (Å²) >= 11 is 0. The molecular weight excluding hydrogens is 810 g/mol. The van der Waals surface area contributed by atoms with Crippen LogP contribution < -0.4 is 0 Å². The summed E-state index contributed by atoms with van der Waals surface area (Å²) in [6.07, 6.45) is -32.7. The normalized spacial score (nSPS) is 21.4. The van der Waals surface area contributed by atoms with Crippen LogP contribution >= 0.6 is 0 Å². The van der Waals surface area contributed by atoms with Crippen LogP contribution in [0, 0.1) is 0 Å². The van der Waals surface area contributed by atoms with Crippen molar-refractivity contribution in [1.29, 1.82) is 0 Å². The number of aliphatic hydroxyl groups is 2. The molecule has 1 rings (SSSR count). The van der Waals surface area contributed by atoms with Crippen molar-refractivity contribution in [3.8, 4) is 0 Å². The Kier molecular flexibility index (Phi) is 12.1. The minimum Gasteiger partial charge on any atom is -0.394 e. The van der Waals surface area contributed by atoms with Crippen LogP contribution in [-0.4, -0.2) is 113 Å². The van der Waals surface area contributed by atoms with E-state index in [1.165, 1.54) is 0 Å². The molecule has 0 aromatic rings. The van der Waals surface area contributed by atoms with Crippen LogP contribution in [0.5, 0.6) is 0 Å². The second-order valence-corrected chi connectivity index (χ2v) is 10.6. The number of hydrogen-bond acceptors (Lipinski definition) is 4. The molecule has 1 fully saturated rings. The Morgan fingerprint density at radius 2 is 0.569 bits per heavy atom. The minimum atomic E-state index is -8.45. The lowest BCUT2D eigenvalue weighted by Gasteiger charge is -2.41. The quantitative estimate of drug-likeness (QED) is 0.154. The Hall–Kier alpha value is -1.98. The highest BCUT2D eigenvalue weighted by molar-refractivity contribution is 5.12. The van der Waals surface area contributed by atoms with Gasteiger partial charge in [-0.1, -0.05) is 0 Å². The smallest absolute Gasteiger partial charge is 0.394 e. The van der Waals surface area contributed by atoms with Crippen molar-refractivity contribution in [2.75, 3.05) is 13.2 Å². The second-order valence-electron chi connectivity index (χ2n) is 10.6. The lowest BCUT2D eigenvalue weighted by atomic mass is 9.88. The summed E-state index contributed by atoms with van der Waals surface area (Å²) in [6, 6.07) is 0. The molecule has 4 nitrogen and oxygen atoms in total. The number of alkyl halides is 26. The molecule has 0 aromatic carbocycles. The first-order chi connectivity index (χ1) is 22.0. The summed E-state index contributed by atoms with van der Waals surface area (Å²) in [4.78, 5) is 0. The van der Waals surface area contributed by atoms with Crippen LogP contribution in [0.4, 0.5) is 114 Å². The van der Waals surface area contributed by atoms with Gasteiger partial charge in [0.25, 0.3) is 0 Å². The lowest BCUT2D eigenvalue weighted by Crippen LogP contribution is -2.70. The van der Waals surface area contributed by atoms with E-state index in [0.29, 0.717) is 0 Å². The molecule has 0 bridgehead atoms. The molecule has 306 valence electrons. The highest BCUT2D eigenvalue weighted by Gasteiger charge is 2.92. The molecule has 1 saturated heterocycles. The van der Waals surface area contributed by atoms with Gasteiger partial charge in [-0.2, -0.15) is 114 Å². The van der Waals surface area contributed by atoms with E-state index < -0.39 is 128 Å². The summed E-state index contributed by atoms with van der Waals surface area (Å²) in [5.41, 5.74) is 0. The molecule has 0 radical (unpaired) electrons. The van der Waals surface area contributed by atoms with E-state index in [1.807, 2.05) is 0 Å². The first kappa shape index (κ1) is 47.0. The van der Waals surface area contributed by atoms with Gasteiger partial charge in [-0.3, -0.25) is 0 Å². The molecule has 1 aliphatic rings. The van der Waals surface area contributed by atoms with Crippen molar-refractivity contribution in [3.63, 3.8) is 0 Å². The van der Waals surface area contributed by atoms with Gasteiger partial charge in [0.15, 0.2) is 5.79 Å². The fraction of sp³-hybridized carbons (Fsp3) is 1.00. The Morgan fingerprint density at radius 1 is 0.353 bits per heavy atom. The van der Waals surface area contributed by atoms with E-state index in [0.717, 1.165) is 0 Å². The predicted molar refractivity (Wildman–Crippen MR) is 107 cm³/mol. The third kappa shape index (κ3) is 7.06. The fourth-order valence-corrected chi connectivity index (χ4v) is 4.01. The zero-order chi connectivity index (χ0) is 41.3. The van der Waals surface area contributed by atoms with Crippen LogP contribution in [0.2, 0.25) is 0 Å². The summed E-state index contributed by atoms with van der Waals surface area (Å²) in [7, 11) is 0. The molecule has 1 aliphatic heterocycles. The van der Waals surface area contributed by atoms with Crippen molar-refractivity contribution in [2.24, 2.45) is 0 Å². The highest BCUT2D eigenvalue weighted by atomic mass is 19.4. The number of rotatable bonds is 16. The van der Waals surface area contributed by atoms with Crippen molar-refractivity contribution >= 4 is 0 Å². The first-order valence-corrected chi connectivity index (χ1v) is 12.5. The SMILES string of the molecule is OC[C@H]1OC(CCC(F)(F)C(F)(F)C(F)(F)C(F)(F)C(F)(F)C(F)(F)F)(CCC(F)(F)C(F)(F)C(F)(F)C(F)(F)C(F)(F)C(F)(F)F)O[C@@H]1CO. The largest absolute Gasteiger partial charge is 0.460 e. The average molecular weight is 826 g/mol. The van der Waals surface area contributed by atoms with Crippen molar-refractivity contribution in [3.05, 3.63) is 0 Å². The molecule has 51 heavy (non-hydrogen) atoms. The summed E-state index contributed by atoms with van der Waals surface area (Å²) in [6.45, 7) is -3.31. The topological polar surface area (TPSA) is 58.9 Å². The van der Waals surface area contributed by atoms with Crippen molar-refractivity contribution in [1.82, 2.24) is 0 Å². The van der Waals surface area contributed by atoms with Crippen LogP contribution in [0.25, 0.3) is 0 Å². The number of halogens is 26. The van der Waals surface area contributed by atoms with Gasteiger partial charge in [-0.25, -0.2) is 0 Å². The zero-order valence-electron chi connectivity index (χ0n) is 23.4. The van der Waals surface area contributed by atoms with Gasteiger partial charge in [0.2, 0.25) is 0 Å². The molecular formula is C21H16F26O4. The third-order valence-corrected chi connectivity index (χ3v) is 7.14. The predicted octanol–water partition coefficient (Wildman–Crippen LogP) is 8.49. The van der Waals surface area contributed by atoms with Crippen molar-refractivity contribution in [2.45, 2.75) is 115 Å². The molecule has 0 amide bonds. The van der Waals surface area contributed by atoms with Gasteiger partial charge >= 0.3 is 71.6 Å². The van der Waals surface area contributed by atoms with E-state index in [9.17, 15) is 114 Å². The Morgan fingerprint density at radius 3 is 0.765 bits per heavy atom. The van der Waals surface area contributed by atoms with E-state index in [-0.39, 0.29) is 0 Å². The van der Waals surface area contributed by atoms with Gasteiger partial charge in [0.05, 0.1) is 13.2 Å². The monoisotopic (exact) mass is 826 g/mol. The average Bonchev–Trinajstić information content (AvgIpc) is 3.31. The molecule has 0 aliphatic carbocycles. The molecule has 30 heteroatoms. The van der Waals surface area contributed by atoms with E-state index in [4.69, 9.17) is 10.2 Å². The maximum absolute atomic E-state index is 14.3. The summed E-state index contributed by atoms with van der Waals surface area (Å²) in [5, 5.41) is 18.3. The minimum absolute atomic E-state index is 1.65. The van der Waals surface area contributed by atoms with Gasteiger partial charge in [-0.05, 0) is 0 Å².